The van der Waals surface area contributed by atoms with Gasteiger partial charge in [0.05, 0.1) is 17.8 Å². The van der Waals surface area contributed by atoms with E-state index < -0.39 is 6.04 Å². The van der Waals surface area contributed by atoms with Crippen LogP contribution in [0, 0.1) is 0 Å². The molecule has 3 aromatic rings. The molecule has 0 saturated heterocycles. The second kappa shape index (κ2) is 8.75. The number of ether oxygens (including phenoxy) is 1. The van der Waals surface area contributed by atoms with Gasteiger partial charge in [-0.1, -0.05) is 36.4 Å². The van der Waals surface area contributed by atoms with Crippen LogP contribution in [0.5, 0.6) is 11.5 Å². The van der Waals surface area contributed by atoms with Crippen LogP contribution in [0.25, 0.3) is 10.8 Å². The SMILES string of the molecule is COc1cc(C=NNC(=O)C(C)Nc2cccc3ccccc23)cc(Br)c1O. The van der Waals surface area contributed by atoms with Gasteiger partial charge in [-0.05, 0) is 52.0 Å². The summed E-state index contributed by atoms with van der Waals surface area (Å²) in [6.07, 6.45) is 1.48. The lowest BCUT2D eigenvalue weighted by atomic mass is 10.1. The summed E-state index contributed by atoms with van der Waals surface area (Å²) in [5.41, 5.74) is 4.07. The van der Waals surface area contributed by atoms with Gasteiger partial charge in [0.1, 0.15) is 6.04 Å². The molecule has 0 aromatic heterocycles. The molecule has 144 valence electrons. The number of hydrogen-bond donors (Lipinski definition) is 3. The number of phenols is 1. The summed E-state index contributed by atoms with van der Waals surface area (Å²) in [7, 11) is 1.46. The van der Waals surface area contributed by atoms with E-state index >= 15 is 0 Å². The number of hydrazone groups is 1. The fourth-order valence-corrected chi connectivity index (χ4v) is 3.20. The van der Waals surface area contributed by atoms with Crippen LogP contribution >= 0.6 is 15.9 Å². The zero-order valence-electron chi connectivity index (χ0n) is 15.4. The van der Waals surface area contributed by atoms with Crippen LogP contribution in [0.2, 0.25) is 0 Å². The van der Waals surface area contributed by atoms with Crippen molar-refractivity contribution < 1.29 is 14.6 Å². The molecule has 0 aliphatic heterocycles. The van der Waals surface area contributed by atoms with Gasteiger partial charge >= 0.3 is 0 Å². The minimum absolute atomic E-state index is 0.0107. The summed E-state index contributed by atoms with van der Waals surface area (Å²) in [4.78, 5) is 12.4. The molecule has 1 unspecified atom stereocenters. The molecule has 3 rings (SSSR count). The van der Waals surface area contributed by atoms with Gasteiger partial charge < -0.3 is 15.2 Å². The van der Waals surface area contributed by atoms with Crippen LogP contribution < -0.4 is 15.5 Å². The lowest BCUT2D eigenvalue weighted by Crippen LogP contribution is -2.34. The molecule has 0 bridgehead atoms. The predicted molar refractivity (Wildman–Crippen MR) is 115 cm³/mol. The highest BCUT2D eigenvalue weighted by Gasteiger charge is 2.13. The number of halogens is 1. The number of phenolic OH excluding ortho intramolecular Hbond substituents is 1. The number of hydrogen-bond acceptors (Lipinski definition) is 5. The average molecular weight is 442 g/mol. The minimum Gasteiger partial charge on any atom is -0.503 e. The molecule has 0 aliphatic carbocycles. The van der Waals surface area contributed by atoms with Crippen LogP contribution in [0.4, 0.5) is 5.69 Å². The van der Waals surface area contributed by atoms with Crippen molar-refractivity contribution in [3.05, 3.63) is 64.6 Å². The first-order chi connectivity index (χ1) is 13.5. The Morgan fingerprint density at radius 1 is 1.21 bits per heavy atom. The number of carbonyl (C=O) groups is 1. The van der Waals surface area contributed by atoms with Crippen molar-refractivity contribution >= 4 is 44.5 Å². The molecular weight excluding hydrogens is 422 g/mol. The average Bonchev–Trinajstić information content (AvgIpc) is 2.70. The highest BCUT2D eigenvalue weighted by atomic mass is 79.9. The summed E-state index contributed by atoms with van der Waals surface area (Å²) in [6, 6.07) is 16.7. The summed E-state index contributed by atoms with van der Waals surface area (Å²) >= 11 is 3.25. The monoisotopic (exact) mass is 441 g/mol. The smallest absolute Gasteiger partial charge is 0.262 e. The standard InChI is InChI=1S/C21H20BrN3O3/c1-13(24-18-9-5-7-15-6-3-4-8-16(15)18)21(27)25-23-12-14-10-17(22)20(26)19(11-14)28-2/h3-13,24,26H,1-2H3,(H,25,27). The van der Waals surface area contributed by atoms with Gasteiger partial charge in [-0.3, -0.25) is 4.79 Å². The van der Waals surface area contributed by atoms with Crippen molar-refractivity contribution in [2.24, 2.45) is 5.10 Å². The number of methoxy groups -OCH3 is 1. The van der Waals surface area contributed by atoms with Gasteiger partial charge in [0, 0.05) is 11.1 Å². The zero-order chi connectivity index (χ0) is 20.1. The van der Waals surface area contributed by atoms with Crippen molar-refractivity contribution in [3.63, 3.8) is 0 Å². The fourth-order valence-electron chi connectivity index (χ4n) is 2.74. The molecule has 0 aliphatic rings. The van der Waals surface area contributed by atoms with E-state index in [1.54, 1.807) is 19.1 Å². The number of fused-ring (bicyclic) bond motifs is 1. The Labute approximate surface area is 171 Å². The molecule has 3 aromatic carbocycles. The summed E-state index contributed by atoms with van der Waals surface area (Å²) in [5, 5.41) is 19.2. The third-order valence-electron chi connectivity index (χ3n) is 4.21. The van der Waals surface area contributed by atoms with Gasteiger partial charge in [0.25, 0.3) is 5.91 Å². The first kappa shape index (κ1) is 19.7. The Balaban J connectivity index is 1.66. The van der Waals surface area contributed by atoms with Crippen molar-refractivity contribution in [2.45, 2.75) is 13.0 Å². The number of benzene rings is 3. The number of anilines is 1. The van der Waals surface area contributed by atoms with E-state index in [0.717, 1.165) is 16.5 Å². The molecule has 0 fully saturated rings. The van der Waals surface area contributed by atoms with E-state index in [0.29, 0.717) is 15.8 Å². The minimum atomic E-state index is -0.482. The normalized spacial score (nSPS) is 12.1. The topological polar surface area (TPSA) is 83.0 Å². The fraction of sp³-hybridized carbons (Fsp3) is 0.143. The van der Waals surface area contributed by atoms with E-state index in [1.807, 2.05) is 42.5 Å². The lowest BCUT2D eigenvalue weighted by molar-refractivity contribution is -0.121. The highest BCUT2D eigenvalue weighted by molar-refractivity contribution is 9.10. The van der Waals surface area contributed by atoms with Crippen LogP contribution in [-0.4, -0.2) is 30.4 Å². The Bertz CT molecular complexity index is 1030. The molecule has 0 radical (unpaired) electrons. The molecule has 0 spiro atoms. The van der Waals surface area contributed by atoms with Gasteiger partial charge in [-0.2, -0.15) is 5.10 Å². The maximum Gasteiger partial charge on any atom is 0.262 e. The number of carbonyl (C=O) groups excluding carboxylic acids is 1. The van der Waals surface area contributed by atoms with Crippen LogP contribution in [0.15, 0.2) is 64.2 Å². The molecule has 0 saturated carbocycles. The molecule has 3 N–H and O–H groups in total. The van der Waals surface area contributed by atoms with E-state index in [9.17, 15) is 9.90 Å². The Kier molecular flexibility index (Phi) is 6.16. The zero-order valence-corrected chi connectivity index (χ0v) is 17.0. The van der Waals surface area contributed by atoms with Gasteiger partial charge in [-0.15, -0.1) is 0 Å². The van der Waals surface area contributed by atoms with Crippen molar-refractivity contribution in [2.75, 3.05) is 12.4 Å². The van der Waals surface area contributed by atoms with Crippen molar-refractivity contribution in [1.29, 1.82) is 0 Å². The third kappa shape index (κ3) is 4.43. The quantitative estimate of drug-likeness (QED) is 0.394. The maximum atomic E-state index is 12.4. The molecule has 0 heterocycles. The lowest BCUT2D eigenvalue weighted by Gasteiger charge is -2.15. The van der Waals surface area contributed by atoms with Crippen LogP contribution in [0.1, 0.15) is 12.5 Å². The largest absolute Gasteiger partial charge is 0.503 e. The van der Waals surface area contributed by atoms with E-state index in [2.05, 4.69) is 31.8 Å². The second-order valence-electron chi connectivity index (χ2n) is 6.18. The Morgan fingerprint density at radius 2 is 1.96 bits per heavy atom. The number of amides is 1. The number of rotatable bonds is 6. The molecular formula is C21H20BrN3O3. The summed E-state index contributed by atoms with van der Waals surface area (Å²) in [6.45, 7) is 1.77. The second-order valence-corrected chi connectivity index (χ2v) is 7.03. The van der Waals surface area contributed by atoms with Gasteiger partial charge in [-0.25, -0.2) is 5.43 Å². The van der Waals surface area contributed by atoms with E-state index in [1.165, 1.54) is 13.3 Å². The maximum absolute atomic E-state index is 12.4. The Morgan fingerprint density at radius 3 is 2.75 bits per heavy atom. The third-order valence-corrected chi connectivity index (χ3v) is 4.82. The molecule has 7 heteroatoms. The number of nitrogens with one attached hydrogen (secondary N) is 2. The van der Waals surface area contributed by atoms with Gasteiger partial charge in [0.15, 0.2) is 11.5 Å². The summed E-state index contributed by atoms with van der Waals surface area (Å²) in [5.74, 6) is 0.0544. The van der Waals surface area contributed by atoms with E-state index in [4.69, 9.17) is 4.74 Å². The number of aromatic hydroxyl groups is 1. The first-order valence-corrected chi connectivity index (χ1v) is 9.42. The summed E-state index contributed by atoms with van der Waals surface area (Å²) < 4.78 is 5.57. The van der Waals surface area contributed by atoms with Crippen LogP contribution in [-0.2, 0) is 4.79 Å². The van der Waals surface area contributed by atoms with Crippen LogP contribution in [0.3, 0.4) is 0 Å². The highest BCUT2D eigenvalue weighted by Crippen LogP contribution is 2.34. The first-order valence-electron chi connectivity index (χ1n) is 8.63. The van der Waals surface area contributed by atoms with Gasteiger partial charge in [0.2, 0.25) is 0 Å². The molecule has 6 nitrogen and oxygen atoms in total. The predicted octanol–water partition coefficient (Wildman–Crippen LogP) is 4.27. The molecule has 28 heavy (non-hydrogen) atoms. The molecule has 1 atom stereocenters. The Hall–Kier alpha value is -3.06. The number of nitrogens with zero attached hydrogens (tertiary/aromatic N) is 1. The van der Waals surface area contributed by atoms with Crippen molar-refractivity contribution in [1.82, 2.24) is 5.43 Å². The van der Waals surface area contributed by atoms with E-state index in [-0.39, 0.29) is 11.7 Å². The van der Waals surface area contributed by atoms with Crippen molar-refractivity contribution in [3.8, 4) is 11.5 Å². The molecule has 1 amide bonds.